The van der Waals surface area contributed by atoms with Crippen molar-refractivity contribution in [3.05, 3.63) is 27.1 Å². The van der Waals surface area contributed by atoms with Gasteiger partial charge in [-0.15, -0.1) is 0 Å². The maximum atomic E-state index is 12.2. The first kappa shape index (κ1) is 17.4. The number of nitrogens with zero attached hydrogens (tertiary/aromatic N) is 1. The quantitative estimate of drug-likeness (QED) is 0.758. The molecule has 122 valence electrons. The van der Waals surface area contributed by atoms with E-state index in [0.29, 0.717) is 21.5 Å². The zero-order valence-electron chi connectivity index (χ0n) is 12.3. The van der Waals surface area contributed by atoms with Crippen LogP contribution in [0.5, 0.6) is 11.5 Å². The van der Waals surface area contributed by atoms with Crippen LogP contribution in [0.3, 0.4) is 0 Å². The maximum Gasteiger partial charge on any atom is 0.294 e. The Morgan fingerprint density at radius 1 is 1.35 bits per heavy atom. The third-order valence-electron chi connectivity index (χ3n) is 2.94. The van der Waals surface area contributed by atoms with Crippen molar-refractivity contribution in [2.24, 2.45) is 5.73 Å². The normalized spacial score (nSPS) is 16.1. The molecular formula is C14H13BrN2O5S. The number of rotatable bonds is 5. The van der Waals surface area contributed by atoms with Crippen molar-refractivity contribution in [2.75, 3.05) is 20.8 Å². The minimum atomic E-state index is -0.748. The van der Waals surface area contributed by atoms with E-state index >= 15 is 0 Å². The van der Waals surface area contributed by atoms with Crippen LogP contribution in [-0.2, 0) is 9.59 Å². The molecular weight excluding hydrogens is 388 g/mol. The number of ether oxygens (including phenoxy) is 2. The Hall–Kier alpha value is -2.00. The monoisotopic (exact) mass is 400 g/mol. The fraction of sp³-hybridized carbons (Fsp3) is 0.214. The molecule has 0 radical (unpaired) electrons. The number of carbonyl (C=O) groups excluding carboxylic acids is 3. The largest absolute Gasteiger partial charge is 0.493 e. The van der Waals surface area contributed by atoms with E-state index in [1.54, 1.807) is 18.2 Å². The number of amides is 3. The van der Waals surface area contributed by atoms with Gasteiger partial charge in [-0.25, -0.2) is 0 Å². The van der Waals surface area contributed by atoms with Gasteiger partial charge in [-0.05, 0) is 51.5 Å². The number of methoxy groups -OCH3 is 2. The van der Waals surface area contributed by atoms with E-state index in [1.807, 2.05) is 0 Å². The summed E-state index contributed by atoms with van der Waals surface area (Å²) in [7, 11) is 3.01. The van der Waals surface area contributed by atoms with Crippen LogP contribution in [0.2, 0.25) is 0 Å². The van der Waals surface area contributed by atoms with Gasteiger partial charge in [0, 0.05) is 0 Å². The van der Waals surface area contributed by atoms with Gasteiger partial charge in [0.25, 0.3) is 11.1 Å². The third-order valence-corrected chi connectivity index (χ3v) is 4.44. The molecule has 1 heterocycles. The molecule has 0 saturated carbocycles. The minimum Gasteiger partial charge on any atom is -0.493 e. The molecule has 1 aliphatic heterocycles. The van der Waals surface area contributed by atoms with E-state index in [9.17, 15) is 14.4 Å². The smallest absolute Gasteiger partial charge is 0.294 e. The number of hydrogen-bond acceptors (Lipinski definition) is 6. The zero-order chi connectivity index (χ0) is 17.1. The van der Waals surface area contributed by atoms with Crippen LogP contribution in [0.4, 0.5) is 4.79 Å². The highest BCUT2D eigenvalue weighted by molar-refractivity contribution is 9.10. The van der Waals surface area contributed by atoms with Crippen molar-refractivity contribution < 1.29 is 23.9 Å². The highest BCUT2D eigenvalue weighted by Gasteiger charge is 2.35. The second-order valence-corrected chi connectivity index (χ2v) is 6.32. The maximum absolute atomic E-state index is 12.2. The van der Waals surface area contributed by atoms with Gasteiger partial charge in [-0.1, -0.05) is 0 Å². The van der Waals surface area contributed by atoms with Gasteiger partial charge < -0.3 is 15.2 Å². The van der Waals surface area contributed by atoms with E-state index in [1.165, 1.54) is 14.2 Å². The van der Waals surface area contributed by atoms with E-state index in [0.717, 1.165) is 16.7 Å². The van der Waals surface area contributed by atoms with Crippen LogP contribution in [0, 0.1) is 0 Å². The van der Waals surface area contributed by atoms with Gasteiger partial charge in [-0.3, -0.25) is 19.3 Å². The second kappa shape index (κ2) is 7.05. The summed E-state index contributed by atoms with van der Waals surface area (Å²) in [4.78, 5) is 35.9. The fourth-order valence-corrected chi connectivity index (χ4v) is 3.42. The number of halogens is 1. The van der Waals surface area contributed by atoms with Crippen molar-refractivity contribution >= 4 is 50.8 Å². The van der Waals surface area contributed by atoms with Crippen molar-refractivity contribution in [3.63, 3.8) is 0 Å². The van der Waals surface area contributed by atoms with Gasteiger partial charge in [0.1, 0.15) is 6.54 Å². The molecule has 0 unspecified atom stereocenters. The topological polar surface area (TPSA) is 98.9 Å². The lowest BCUT2D eigenvalue weighted by molar-refractivity contribution is -0.127. The average molecular weight is 401 g/mol. The fourth-order valence-electron chi connectivity index (χ4n) is 1.96. The molecule has 1 fully saturated rings. The molecule has 23 heavy (non-hydrogen) atoms. The van der Waals surface area contributed by atoms with Crippen molar-refractivity contribution in [3.8, 4) is 11.5 Å². The summed E-state index contributed by atoms with van der Waals surface area (Å²) in [6.45, 7) is -0.433. The van der Waals surface area contributed by atoms with Crippen LogP contribution in [0.1, 0.15) is 5.56 Å². The van der Waals surface area contributed by atoms with E-state index in [-0.39, 0.29) is 4.91 Å². The molecule has 3 amide bonds. The Morgan fingerprint density at radius 2 is 2.04 bits per heavy atom. The number of carbonyl (C=O) groups is 3. The van der Waals surface area contributed by atoms with Gasteiger partial charge in [-0.2, -0.15) is 0 Å². The first-order chi connectivity index (χ1) is 10.9. The lowest BCUT2D eigenvalue weighted by atomic mass is 10.2. The minimum absolute atomic E-state index is 0.204. The highest BCUT2D eigenvalue weighted by atomic mass is 79.9. The molecule has 2 N–H and O–H groups in total. The lowest BCUT2D eigenvalue weighted by Crippen LogP contribution is -2.36. The van der Waals surface area contributed by atoms with Gasteiger partial charge in [0.15, 0.2) is 11.5 Å². The van der Waals surface area contributed by atoms with E-state index in [4.69, 9.17) is 15.2 Å². The van der Waals surface area contributed by atoms with Crippen molar-refractivity contribution in [1.29, 1.82) is 0 Å². The SMILES string of the molecule is COc1cc(/C=C2\SC(=O)N(CC(N)=O)C2=O)cc(Br)c1OC. The number of hydrogen-bond donors (Lipinski definition) is 1. The van der Waals surface area contributed by atoms with E-state index < -0.39 is 23.6 Å². The summed E-state index contributed by atoms with van der Waals surface area (Å²) >= 11 is 4.11. The summed E-state index contributed by atoms with van der Waals surface area (Å²) in [5.41, 5.74) is 5.67. The number of primary amides is 1. The molecule has 1 aromatic rings. The molecule has 2 rings (SSSR count). The highest BCUT2D eigenvalue weighted by Crippen LogP contribution is 2.38. The Morgan fingerprint density at radius 3 is 2.61 bits per heavy atom. The summed E-state index contributed by atoms with van der Waals surface area (Å²) in [5.74, 6) is -0.303. The predicted molar refractivity (Wildman–Crippen MR) is 89.1 cm³/mol. The van der Waals surface area contributed by atoms with Crippen LogP contribution in [-0.4, -0.2) is 42.7 Å². The number of nitrogens with two attached hydrogens (primary N) is 1. The molecule has 0 atom stereocenters. The molecule has 0 bridgehead atoms. The number of imide groups is 1. The van der Waals surface area contributed by atoms with Crippen LogP contribution >= 0.6 is 27.7 Å². The van der Waals surface area contributed by atoms with Gasteiger partial charge in [0.2, 0.25) is 5.91 Å². The number of thioether (sulfide) groups is 1. The molecule has 9 heteroatoms. The Balaban J connectivity index is 2.36. The Bertz CT molecular complexity index is 719. The Kier molecular flexibility index (Phi) is 5.32. The predicted octanol–water partition coefficient (Wildman–Crippen LogP) is 1.99. The molecule has 7 nitrogen and oxygen atoms in total. The summed E-state index contributed by atoms with van der Waals surface area (Å²) in [5, 5.41) is -0.528. The molecule has 1 aromatic carbocycles. The van der Waals surface area contributed by atoms with Gasteiger partial charge >= 0.3 is 0 Å². The van der Waals surface area contributed by atoms with Crippen molar-refractivity contribution in [1.82, 2.24) is 4.90 Å². The van der Waals surface area contributed by atoms with Crippen molar-refractivity contribution in [2.45, 2.75) is 0 Å². The Labute approximate surface area is 144 Å². The first-order valence-electron chi connectivity index (χ1n) is 6.32. The third kappa shape index (κ3) is 3.67. The van der Waals surface area contributed by atoms with Crippen LogP contribution < -0.4 is 15.2 Å². The lowest BCUT2D eigenvalue weighted by Gasteiger charge is -2.11. The molecule has 0 aromatic heterocycles. The number of benzene rings is 1. The molecule has 1 aliphatic rings. The molecule has 1 saturated heterocycles. The first-order valence-corrected chi connectivity index (χ1v) is 7.93. The van der Waals surface area contributed by atoms with E-state index in [2.05, 4.69) is 15.9 Å². The van der Waals surface area contributed by atoms with Crippen LogP contribution in [0.15, 0.2) is 21.5 Å². The standard InChI is InChI=1S/C14H13BrN2O5S/c1-21-9-4-7(3-8(15)12(9)22-2)5-10-13(19)17(6-11(16)18)14(20)23-10/h3-5H,6H2,1-2H3,(H2,16,18)/b10-5-. The summed E-state index contributed by atoms with van der Waals surface area (Å²) in [6.07, 6.45) is 1.54. The zero-order valence-corrected chi connectivity index (χ0v) is 14.7. The second-order valence-electron chi connectivity index (χ2n) is 4.47. The average Bonchev–Trinajstić information content (AvgIpc) is 2.73. The molecule has 0 spiro atoms. The van der Waals surface area contributed by atoms with Crippen LogP contribution in [0.25, 0.3) is 6.08 Å². The summed E-state index contributed by atoms with van der Waals surface area (Å²) in [6, 6.07) is 3.40. The van der Waals surface area contributed by atoms with Gasteiger partial charge in [0.05, 0.1) is 23.6 Å². The molecule has 0 aliphatic carbocycles. The summed E-state index contributed by atoms with van der Waals surface area (Å²) < 4.78 is 11.1.